The van der Waals surface area contributed by atoms with Crippen LogP contribution in [0.1, 0.15) is 16.1 Å². The van der Waals surface area contributed by atoms with E-state index in [0.29, 0.717) is 23.8 Å². The lowest BCUT2D eigenvalue weighted by Gasteiger charge is -2.34. The van der Waals surface area contributed by atoms with Crippen molar-refractivity contribution in [2.75, 3.05) is 26.2 Å². The van der Waals surface area contributed by atoms with E-state index in [4.69, 9.17) is 23.2 Å². The maximum atomic E-state index is 12.8. The number of H-pyrrole nitrogens is 1. The van der Waals surface area contributed by atoms with Crippen molar-refractivity contribution in [3.05, 3.63) is 75.9 Å². The quantitative estimate of drug-likeness (QED) is 0.690. The van der Waals surface area contributed by atoms with Crippen molar-refractivity contribution in [2.45, 2.75) is 6.54 Å². The zero-order valence-corrected chi connectivity index (χ0v) is 16.7. The van der Waals surface area contributed by atoms with Crippen LogP contribution in [0.15, 0.2) is 54.6 Å². The van der Waals surface area contributed by atoms with E-state index < -0.39 is 0 Å². The van der Waals surface area contributed by atoms with E-state index >= 15 is 0 Å². The summed E-state index contributed by atoms with van der Waals surface area (Å²) in [6.07, 6.45) is 0. The molecule has 0 unspecified atom stereocenters. The third-order valence-corrected chi connectivity index (χ3v) is 5.39. The molecular weight excluding hydrogens is 395 g/mol. The Hall–Kier alpha value is -2.34. The summed E-state index contributed by atoms with van der Waals surface area (Å²) in [6, 6.07) is 17.1. The van der Waals surface area contributed by atoms with E-state index in [1.807, 2.05) is 47.4 Å². The number of nitrogens with one attached hydrogen (secondary N) is 1. The summed E-state index contributed by atoms with van der Waals surface area (Å²) >= 11 is 12.0. The molecule has 1 aliphatic heterocycles. The predicted molar refractivity (Wildman–Crippen MR) is 112 cm³/mol. The molecule has 1 fully saturated rings. The van der Waals surface area contributed by atoms with E-state index in [9.17, 15) is 4.79 Å². The van der Waals surface area contributed by atoms with Crippen molar-refractivity contribution in [3.63, 3.8) is 0 Å². The molecule has 0 spiro atoms. The molecule has 5 nitrogen and oxygen atoms in total. The molecule has 0 saturated carbocycles. The van der Waals surface area contributed by atoms with E-state index in [0.717, 1.165) is 35.9 Å². The van der Waals surface area contributed by atoms with Crippen molar-refractivity contribution in [2.24, 2.45) is 0 Å². The summed E-state index contributed by atoms with van der Waals surface area (Å²) in [6.45, 7) is 3.88. The number of carbonyl (C=O) groups is 1. The average molecular weight is 415 g/mol. The standard InChI is InChI=1S/C21H20Cl2N4O/c22-17-6-4-16(5-7-17)19-13-20(25-24-19)21(28)27-10-8-26(9-11-27)14-15-2-1-3-18(23)12-15/h1-7,12-13H,8-11,14H2,(H,24,25). The van der Waals surface area contributed by atoms with Crippen LogP contribution >= 0.6 is 23.2 Å². The minimum absolute atomic E-state index is 0.0184. The van der Waals surface area contributed by atoms with Gasteiger partial charge in [0, 0.05) is 48.3 Å². The summed E-state index contributed by atoms with van der Waals surface area (Å²) < 4.78 is 0. The van der Waals surface area contributed by atoms with Crippen LogP contribution in [0.5, 0.6) is 0 Å². The number of halogens is 2. The lowest BCUT2D eigenvalue weighted by molar-refractivity contribution is 0.0622. The van der Waals surface area contributed by atoms with Crippen molar-refractivity contribution in [1.82, 2.24) is 20.0 Å². The molecule has 0 radical (unpaired) electrons. The van der Waals surface area contributed by atoms with Crippen molar-refractivity contribution >= 4 is 29.1 Å². The van der Waals surface area contributed by atoms with Gasteiger partial charge in [-0.2, -0.15) is 5.10 Å². The van der Waals surface area contributed by atoms with Gasteiger partial charge in [-0.3, -0.25) is 14.8 Å². The highest BCUT2D eigenvalue weighted by atomic mass is 35.5. The van der Waals surface area contributed by atoms with Gasteiger partial charge in [0.2, 0.25) is 0 Å². The second kappa shape index (κ2) is 8.35. The second-order valence-corrected chi connectivity index (χ2v) is 7.74. The van der Waals surface area contributed by atoms with Gasteiger partial charge in [-0.15, -0.1) is 0 Å². The molecule has 2 heterocycles. The summed E-state index contributed by atoms with van der Waals surface area (Å²) in [5.41, 5.74) is 3.35. The fourth-order valence-corrected chi connectivity index (χ4v) is 3.71. The molecule has 7 heteroatoms. The van der Waals surface area contributed by atoms with Gasteiger partial charge in [0.25, 0.3) is 5.91 Å². The van der Waals surface area contributed by atoms with Crippen LogP contribution in [0.25, 0.3) is 11.3 Å². The van der Waals surface area contributed by atoms with Gasteiger partial charge in [0.1, 0.15) is 5.69 Å². The van der Waals surface area contributed by atoms with Gasteiger partial charge in [-0.05, 0) is 35.9 Å². The fourth-order valence-electron chi connectivity index (χ4n) is 3.37. The molecule has 1 amide bonds. The Morgan fingerprint density at radius 3 is 2.43 bits per heavy atom. The third-order valence-electron chi connectivity index (χ3n) is 4.90. The summed E-state index contributed by atoms with van der Waals surface area (Å²) in [7, 11) is 0. The SMILES string of the molecule is O=C(c1cc(-c2ccc(Cl)cc2)n[nH]1)N1CCN(Cc2cccc(Cl)c2)CC1. The number of aromatic nitrogens is 2. The number of aromatic amines is 1. The van der Waals surface area contributed by atoms with Crippen LogP contribution in [0.3, 0.4) is 0 Å². The molecule has 1 saturated heterocycles. The molecule has 28 heavy (non-hydrogen) atoms. The van der Waals surface area contributed by atoms with E-state index in [-0.39, 0.29) is 5.91 Å². The number of rotatable bonds is 4. The molecular formula is C21H20Cl2N4O. The number of piperazine rings is 1. The predicted octanol–water partition coefficient (Wildman–Crippen LogP) is 4.34. The molecule has 1 aliphatic rings. The van der Waals surface area contributed by atoms with Crippen LogP contribution in [-0.4, -0.2) is 52.1 Å². The molecule has 0 atom stereocenters. The first-order chi connectivity index (χ1) is 13.6. The van der Waals surface area contributed by atoms with Crippen LogP contribution in [-0.2, 0) is 6.54 Å². The Labute approximate surface area is 173 Å². The maximum Gasteiger partial charge on any atom is 0.271 e. The molecule has 1 N–H and O–H groups in total. The van der Waals surface area contributed by atoms with Gasteiger partial charge >= 0.3 is 0 Å². The second-order valence-electron chi connectivity index (χ2n) is 6.87. The van der Waals surface area contributed by atoms with Crippen LogP contribution in [0, 0.1) is 0 Å². The number of benzene rings is 2. The number of amides is 1. The van der Waals surface area contributed by atoms with Crippen LogP contribution in [0.2, 0.25) is 10.0 Å². The topological polar surface area (TPSA) is 52.2 Å². The normalized spacial score (nSPS) is 15.0. The van der Waals surface area contributed by atoms with Gasteiger partial charge < -0.3 is 4.90 Å². The van der Waals surface area contributed by atoms with Crippen molar-refractivity contribution in [1.29, 1.82) is 0 Å². The smallest absolute Gasteiger partial charge is 0.271 e. The van der Waals surface area contributed by atoms with Crippen molar-refractivity contribution in [3.8, 4) is 11.3 Å². The molecule has 3 aromatic rings. The van der Waals surface area contributed by atoms with Gasteiger partial charge in [-0.1, -0.05) is 47.5 Å². The summed E-state index contributed by atoms with van der Waals surface area (Å²) in [5.74, 6) is -0.0184. The Bertz CT molecular complexity index is 963. The number of hydrogen-bond acceptors (Lipinski definition) is 3. The maximum absolute atomic E-state index is 12.8. The number of carbonyl (C=O) groups excluding carboxylic acids is 1. The Morgan fingerprint density at radius 2 is 1.71 bits per heavy atom. The summed E-state index contributed by atoms with van der Waals surface area (Å²) in [5, 5.41) is 8.57. The van der Waals surface area contributed by atoms with Gasteiger partial charge in [-0.25, -0.2) is 0 Å². The zero-order valence-electron chi connectivity index (χ0n) is 15.2. The minimum atomic E-state index is -0.0184. The van der Waals surface area contributed by atoms with E-state index in [1.165, 1.54) is 5.56 Å². The molecule has 144 valence electrons. The first kappa shape index (κ1) is 19.0. The van der Waals surface area contributed by atoms with Crippen molar-refractivity contribution < 1.29 is 4.79 Å². The molecule has 0 aliphatic carbocycles. The zero-order chi connectivity index (χ0) is 19.5. The highest BCUT2D eigenvalue weighted by Crippen LogP contribution is 2.21. The highest BCUT2D eigenvalue weighted by molar-refractivity contribution is 6.30. The lowest BCUT2D eigenvalue weighted by Crippen LogP contribution is -2.48. The minimum Gasteiger partial charge on any atom is -0.335 e. The van der Waals surface area contributed by atoms with E-state index in [1.54, 1.807) is 6.07 Å². The average Bonchev–Trinajstić information content (AvgIpc) is 3.19. The first-order valence-electron chi connectivity index (χ1n) is 9.16. The first-order valence-corrected chi connectivity index (χ1v) is 9.91. The highest BCUT2D eigenvalue weighted by Gasteiger charge is 2.23. The fraction of sp³-hybridized carbons (Fsp3) is 0.238. The van der Waals surface area contributed by atoms with Gasteiger partial charge in [0.05, 0.1) is 5.69 Å². The molecule has 4 rings (SSSR count). The Kier molecular flexibility index (Phi) is 5.67. The molecule has 0 bridgehead atoms. The molecule has 2 aromatic carbocycles. The number of nitrogens with zero attached hydrogens (tertiary/aromatic N) is 3. The van der Waals surface area contributed by atoms with Crippen LogP contribution < -0.4 is 0 Å². The third kappa shape index (κ3) is 4.38. The number of hydrogen-bond donors (Lipinski definition) is 1. The summed E-state index contributed by atoms with van der Waals surface area (Å²) in [4.78, 5) is 17.0. The Morgan fingerprint density at radius 1 is 0.964 bits per heavy atom. The Balaban J connectivity index is 1.36. The molecule has 1 aromatic heterocycles. The lowest BCUT2D eigenvalue weighted by atomic mass is 10.1. The van der Waals surface area contributed by atoms with Crippen LogP contribution in [0.4, 0.5) is 0 Å². The monoisotopic (exact) mass is 414 g/mol. The van der Waals surface area contributed by atoms with E-state index in [2.05, 4.69) is 21.2 Å². The van der Waals surface area contributed by atoms with Gasteiger partial charge in [0.15, 0.2) is 0 Å². The largest absolute Gasteiger partial charge is 0.335 e.